The third kappa shape index (κ3) is 7.59. The van der Waals surface area contributed by atoms with E-state index in [0.29, 0.717) is 48.1 Å². The SMILES string of the molecule is COc1cc2c(Oc3ccc(N(C(N)=O)C(=O)C4CC4)cc3F)ccnc2cc1OCC1(OC(=O)CC(=O)OC(C)(C)C)CC1. The second-order valence-electron chi connectivity index (χ2n) is 12.0. The molecule has 2 N–H and O–H groups in total. The molecule has 0 saturated heterocycles. The average molecular weight is 624 g/mol. The highest BCUT2D eigenvalue weighted by atomic mass is 19.1. The highest BCUT2D eigenvalue weighted by molar-refractivity contribution is 6.15. The number of halogens is 1. The third-order valence-corrected chi connectivity index (χ3v) is 7.09. The lowest BCUT2D eigenvalue weighted by atomic mass is 10.1. The van der Waals surface area contributed by atoms with Crippen LogP contribution in [0.25, 0.3) is 10.9 Å². The van der Waals surface area contributed by atoms with Crippen molar-refractivity contribution in [1.82, 2.24) is 4.98 Å². The predicted molar refractivity (Wildman–Crippen MR) is 159 cm³/mol. The van der Waals surface area contributed by atoms with Crippen LogP contribution in [0, 0.1) is 11.7 Å². The Morgan fingerprint density at radius 1 is 1.00 bits per heavy atom. The first-order valence-corrected chi connectivity index (χ1v) is 14.4. The van der Waals surface area contributed by atoms with Gasteiger partial charge in [0.15, 0.2) is 23.1 Å². The number of carbonyl (C=O) groups excluding carboxylic acids is 4. The molecular weight excluding hydrogens is 589 g/mol. The van der Waals surface area contributed by atoms with Crippen LogP contribution in [0.15, 0.2) is 42.6 Å². The van der Waals surface area contributed by atoms with Crippen LogP contribution in [0.1, 0.15) is 52.9 Å². The standard InChI is InChI=1S/C32H34FN3O9/c1-31(2,3)44-27(37)16-28(38)45-32(10-11-32)17-42-26-15-22-20(14-25(26)41-4)23(9-12-35-22)43-24-8-7-19(13-21(24)33)36(30(34)40)29(39)18-5-6-18/h7-9,12-15,18H,5-6,10-11,16-17H2,1-4H3,(H2,34,40). The van der Waals surface area contributed by atoms with E-state index in [4.69, 9.17) is 29.4 Å². The fourth-order valence-electron chi connectivity index (χ4n) is 4.59. The maximum atomic E-state index is 15.2. The lowest BCUT2D eigenvalue weighted by Crippen LogP contribution is -2.41. The Hall–Kier alpha value is -4.94. The van der Waals surface area contributed by atoms with Crippen molar-refractivity contribution in [1.29, 1.82) is 0 Å². The molecule has 12 nitrogen and oxygen atoms in total. The van der Waals surface area contributed by atoms with Crippen molar-refractivity contribution < 1.29 is 47.3 Å². The molecule has 0 radical (unpaired) electrons. The molecule has 2 saturated carbocycles. The number of primary amides is 1. The fraction of sp³-hybridized carbons (Fsp3) is 0.406. The van der Waals surface area contributed by atoms with E-state index in [1.165, 1.54) is 25.4 Å². The quantitative estimate of drug-likeness (QED) is 0.223. The minimum atomic E-state index is -0.989. The van der Waals surface area contributed by atoms with Gasteiger partial charge in [-0.1, -0.05) is 0 Å². The zero-order chi connectivity index (χ0) is 32.5. The van der Waals surface area contributed by atoms with Crippen molar-refractivity contribution in [3.63, 3.8) is 0 Å². The molecule has 2 aliphatic carbocycles. The van der Waals surface area contributed by atoms with E-state index in [1.54, 1.807) is 39.0 Å². The second-order valence-corrected chi connectivity index (χ2v) is 12.0. The summed E-state index contributed by atoms with van der Waals surface area (Å²) in [7, 11) is 1.45. The Bertz CT molecular complexity index is 1660. The number of nitrogens with two attached hydrogens (primary N) is 1. The minimum Gasteiger partial charge on any atom is -0.493 e. The minimum absolute atomic E-state index is 0.0104. The van der Waals surface area contributed by atoms with Crippen LogP contribution in [-0.4, -0.2) is 53.8 Å². The van der Waals surface area contributed by atoms with Crippen LogP contribution in [0.5, 0.6) is 23.0 Å². The maximum Gasteiger partial charge on any atom is 0.326 e. The van der Waals surface area contributed by atoms with Gasteiger partial charge in [0.1, 0.15) is 30.0 Å². The summed E-state index contributed by atoms with van der Waals surface area (Å²) < 4.78 is 43.3. The molecule has 0 bridgehead atoms. The molecule has 1 heterocycles. The molecule has 2 aromatic carbocycles. The molecule has 13 heteroatoms. The van der Waals surface area contributed by atoms with Crippen molar-refractivity contribution >= 4 is 40.5 Å². The van der Waals surface area contributed by atoms with E-state index in [2.05, 4.69) is 4.98 Å². The Kier molecular flexibility index (Phi) is 8.55. The summed E-state index contributed by atoms with van der Waals surface area (Å²) >= 11 is 0. The largest absolute Gasteiger partial charge is 0.493 e. The lowest BCUT2D eigenvalue weighted by Gasteiger charge is -2.21. The van der Waals surface area contributed by atoms with Gasteiger partial charge in [0, 0.05) is 29.6 Å². The van der Waals surface area contributed by atoms with Crippen LogP contribution in [0.4, 0.5) is 14.9 Å². The number of aromatic nitrogens is 1. The Labute approximate surface area is 258 Å². The number of ether oxygens (including phenoxy) is 5. The highest BCUT2D eigenvalue weighted by Crippen LogP contribution is 2.43. The van der Waals surface area contributed by atoms with Gasteiger partial charge >= 0.3 is 18.0 Å². The fourth-order valence-corrected chi connectivity index (χ4v) is 4.59. The van der Waals surface area contributed by atoms with Crippen molar-refractivity contribution in [2.24, 2.45) is 11.7 Å². The molecular formula is C32H34FN3O9. The zero-order valence-corrected chi connectivity index (χ0v) is 25.4. The number of pyridine rings is 1. The van der Waals surface area contributed by atoms with E-state index < -0.39 is 47.3 Å². The van der Waals surface area contributed by atoms with Crippen LogP contribution >= 0.6 is 0 Å². The number of hydrogen-bond acceptors (Lipinski definition) is 10. The molecule has 2 aliphatic rings. The summed E-state index contributed by atoms with van der Waals surface area (Å²) in [5, 5.41) is 0.484. The van der Waals surface area contributed by atoms with Crippen molar-refractivity contribution in [2.45, 2.75) is 64.1 Å². The molecule has 45 heavy (non-hydrogen) atoms. The summed E-state index contributed by atoms with van der Waals surface area (Å²) in [6.07, 6.45) is 3.41. The monoisotopic (exact) mass is 623 g/mol. The van der Waals surface area contributed by atoms with Crippen molar-refractivity contribution in [2.75, 3.05) is 18.6 Å². The first-order valence-electron chi connectivity index (χ1n) is 14.4. The predicted octanol–water partition coefficient (Wildman–Crippen LogP) is 5.18. The Balaban J connectivity index is 1.29. The van der Waals surface area contributed by atoms with E-state index in [0.717, 1.165) is 11.0 Å². The third-order valence-electron chi connectivity index (χ3n) is 7.09. The van der Waals surface area contributed by atoms with Gasteiger partial charge in [-0.25, -0.2) is 14.1 Å². The number of methoxy groups -OCH3 is 1. The summed E-state index contributed by atoms with van der Waals surface area (Å²) in [5.41, 5.74) is 4.27. The van der Waals surface area contributed by atoms with Gasteiger partial charge in [-0.15, -0.1) is 0 Å². The van der Waals surface area contributed by atoms with Gasteiger partial charge in [-0.3, -0.25) is 19.4 Å². The normalized spacial score (nSPS) is 15.1. The summed E-state index contributed by atoms with van der Waals surface area (Å²) in [6, 6.07) is 7.50. The number of fused-ring (bicyclic) bond motifs is 1. The number of rotatable bonds is 11. The van der Waals surface area contributed by atoms with Gasteiger partial charge in [0.05, 0.1) is 18.3 Å². The Morgan fingerprint density at radius 2 is 1.73 bits per heavy atom. The number of carbonyl (C=O) groups is 4. The average Bonchev–Trinajstić information content (AvgIpc) is 3.88. The smallest absolute Gasteiger partial charge is 0.326 e. The van der Waals surface area contributed by atoms with Crippen molar-refractivity contribution in [3.8, 4) is 23.0 Å². The van der Waals surface area contributed by atoms with E-state index in [9.17, 15) is 19.2 Å². The molecule has 3 amide bonds. The molecule has 2 fully saturated rings. The number of benzene rings is 2. The molecule has 5 rings (SSSR count). The Morgan fingerprint density at radius 3 is 2.33 bits per heavy atom. The van der Waals surface area contributed by atoms with E-state index >= 15 is 4.39 Å². The number of esters is 2. The van der Waals surface area contributed by atoms with Gasteiger partial charge < -0.3 is 29.4 Å². The molecule has 3 aromatic rings. The first kappa shape index (κ1) is 31.5. The van der Waals surface area contributed by atoms with Crippen LogP contribution in [0.2, 0.25) is 0 Å². The summed E-state index contributed by atoms with van der Waals surface area (Å²) in [4.78, 5) is 53.9. The van der Waals surface area contributed by atoms with Gasteiger partial charge in [-0.2, -0.15) is 0 Å². The molecule has 0 spiro atoms. The number of anilines is 1. The number of urea groups is 1. The summed E-state index contributed by atoms with van der Waals surface area (Å²) in [5.74, 6) is -2.19. The van der Waals surface area contributed by atoms with Gasteiger partial charge in [0.2, 0.25) is 5.91 Å². The molecule has 0 aliphatic heterocycles. The van der Waals surface area contributed by atoms with Crippen LogP contribution in [0.3, 0.4) is 0 Å². The first-order chi connectivity index (χ1) is 21.3. The van der Waals surface area contributed by atoms with Gasteiger partial charge in [0.25, 0.3) is 0 Å². The van der Waals surface area contributed by atoms with E-state index in [-0.39, 0.29) is 29.7 Å². The topological polar surface area (TPSA) is 157 Å². The van der Waals surface area contributed by atoms with Crippen molar-refractivity contribution in [3.05, 3.63) is 48.4 Å². The lowest BCUT2D eigenvalue weighted by molar-refractivity contribution is -0.165. The zero-order valence-electron chi connectivity index (χ0n) is 25.4. The number of nitrogens with zero attached hydrogens (tertiary/aromatic N) is 2. The van der Waals surface area contributed by atoms with Crippen LogP contribution in [-0.2, 0) is 23.9 Å². The van der Waals surface area contributed by atoms with E-state index in [1.807, 2.05) is 0 Å². The van der Waals surface area contributed by atoms with Gasteiger partial charge in [-0.05, 0) is 70.7 Å². The molecule has 1 aromatic heterocycles. The number of amides is 3. The molecule has 0 unspecified atom stereocenters. The second kappa shape index (κ2) is 12.2. The molecule has 238 valence electrons. The maximum absolute atomic E-state index is 15.2. The summed E-state index contributed by atoms with van der Waals surface area (Å²) in [6.45, 7) is 5.16. The number of imide groups is 1. The number of hydrogen-bond donors (Lipinski definition) is 1. The molecule has 0 atom stereocenters. The van der Waals surface area contributed by atoms with Crippen LogP contribution < -0.4 is 24.8 Å². The highest BCUT2D eigenvalue weighted by Gasteiger charge is 2.48.